The van der Waals surface area contributed by atoms with Crippen molar-refractivity contribution in [1.29, 1.82) is 5.26 Å². The molecule has 0 spiro atoms. The third-order valence-electron chi connectivity index (χ3n) is 1.58. The van der Waals surface area contributed by atoms with Gasteiger partial charge in [0, 0.05) is 5.56 Å². The SMILES string of the molecule is Cc1c(C#N)cccc1OC=O. The van der Waals surface area contributed by atoms with E-state index in [1.54, 1.807) is 25.1 Å². The zero-order valence-corrected chi connectivity index (χ0v) is 6.57. The summed E-state index contributed by atoms with van der Waals surface area (Å²) in [6.45, 7) is 2.08. The molecule has 0 unspecified atom stereocenters. The minimum absolute atomic E-state index is 0.351. The molecule has 0 fully saturated rings. The summed E-state index contributed by atoms with van der Waals surface area (Å²) in [5, 5.41) is 8.62. The number of hydrogen-bond acceptors (Lipinski definition) is 3. The maximum Gasteiger partial charge on any atom is 0.298 e. The van der Waals surface area contributed by atoms with Crippen molar-refractivity contribution >= 4 is 6.47 Å². The van der Waals surface area contributed by atoms with Crippen LogP contribution in [0.5, 0.6) is 5.75 Å². The molecule has 1 rings (SSSR count). The van der Waals surface area contributed by atoms with Gasteiger partial charge in [0.25, 0.3) is 6.47 Å². The van der Waals surface area contributed by atoms with Crippen LogP contribution in [0, 0.1) is 18.3 Å². The van der Waals surface area contributed by atoms with E-state index in [4.69, 9.17) is 5.26 Å². The van der Waals surface area contributed by atoms with Crippen LogP contribution in [-0.4, -0.2) is 6.47 Å². The van der Waals surface area contributed by atoms with E-state index in [1.807, 2.05) is 6.07 Å². The fraction of sp³-hybridized carbons (Fsp3) is 0.111. The van der Waals surface area contributed by atoms with Gasteiger partial charge in [0.05, 0.1) is 11.6 Å². The lowest BCUT2D eigenvalue weighted by Gasteiger charge is -2.02. The number of nitriles is 1. The molecule has 3 heteroatoms. The van der Waals surface area contributed by atoms with Crippen LogP contribution in [0.25, 0.3) is 0 Å². The smallest absolute Gasteiger partial charge is 0.298 e. The molecule has 0 saturated carbocycles. The largest absolute Gasteiger partial charge is 0.428 e. The number of rotatable bonds is 2. The summed E-state index contributed by atoms with van der Waals surface area (Å²) in [5.41, 5.74) is 1.21. The Morgan fingerprint density at radius 2 is 2.33 bits per heavy atom. The van der Waals surface area contributed by atoms with E-state index in [-0.39, 0.29) is 0 Å². The first-order valence-corrected chi connectivity index (χ1v) is 3.39. The Morgan fingerprint density at radius 3 is 2.92 bits per heavy atom. The lowest BCUT2D eigenvalue weighted by atomic mass is 10.1. The van der Waals surface area contributed by atoms with Gasteiger partial charge < -0.3 is 4.74 Å². The molecule has 3 nitrogen and oxygen atoms in total. The molecule has 1 aromatic carbocycles. The lowest BCUT2D eigenvalue weighted by Crippen LogP contribution is -1.93. The van der Waals surface area contributed by atoms with Gasteiger partial charge in [0.2, 0.25) is 0 Å². The normalized spacial score (nSPS) is 8.67. The number of nitrogens with zero attached hydrogens (tertiary/aromatic N) is 1. The van der Waals surface area contributed by atoms with Crippen molar-refractivity contribution in [2.45, 2.75) is 6.92 Å². The highest BCUT2D eigenvalue weighted by Gasteiger charge is 2.02. The first kappa shape index (κ1) is 8.28. The quantitative estimate of drug-likeness (QED) is 0.616. The first-order valence-electron chi connectivity index (χ1n) is 3.39. The Morgan fingerprint density at radius 1 is 1.58 bits per heavy atom. The van der Waals surface area contributed by atoms with Gasteiger partial charge in [-0.3, -0.25) is 4.79 Å². The summed E-state index contributed by atoms with van der Waals surface area (Å²) < 4.78 is 4.65. The van der Waals surface area contributed by atoms with E-state index in [0.717, 1.165) is 0 Å². The summed E-state index contributed by atoms with van der Waals surface area (Å²) in [4.78, 5) is 10.0. The average Bonchev–Trinajstić information content (AvgIpc) is 2.09. The highest BCUT2D eigenvalue weighted by atomic mass is 16.5. The van der Waals surface area contributed by atoms with Crippen LogP contribution in [0.2, 0.25) is 0 Å². The predicted octanol–water partition coefficient (Wildman–Crippen LogP) is 1.40. The Balaban J connectivity index is 3.15. The molecule has 0 N–H and O–H groups in total. The van der Waals surface area contributed by atoms with Gasteiger partial charge in [-0.2, -0.15) is 5.26 Å². The van der Waals surface area contributed by atoms with Crippen LogP contribution >= 0.6 is 0 Å². The fourth-order valence-electron chi connectivity index (χ4n) is 0.915. The van der Waals surface area contributed by atoms with Gasteiger partial charge in [0.1, 0.15) is 5.75 Å². The summed E-state index contributed by atoms with van der Waals surface area (Å²) in [5.74, 6) is 0.434. The van der Waals surface area contributed by atoms with Crippen molar-refractivity contribution < 1.29 is 9.53 Å². The summed E-state index contributed by atoms with van der Waals surface area (Å²) in [7, 11) is 0. The molecule has 0 aliphatic heterocycles. The zero-order valence-electron chi connectivity index (χ0n) is 6.57. The molecule has 0 aliphatic rings. The maximum absolute atomic E-state index is 10.0. The molecule has 12 heavy (non-hydrogen) atoms. The molecular weight excluding hydrogens is 154 g/mol. The predicted molar refractivity (Wildman–Crippen MR) is 42.6 cm³/mol. The monoisotopic (exact) mass is 161 g/mol. The minimum atomic E-state index is 0.351. The number of hydrogen-bond donors (Lipinski definition) is 0. The zero-order chi connectivity index (χ0) is 8.97. The van der Waals surface area contributed by atoms with Gasteiger partial charge in [-0.1, -0.05) is 6.07 Å². The molecule has 0 atom stereocenters. The Labute approximate surface area is 70.2 Å². The molecule has 0 aliphatic carbocycles. The highest BCUT2D eigenvalue weighted by Crippen LogP contribution is 2.19. The van der Waals surface area contributed by atoms with Crippen LogP contribution in [0.4, 0.5) is 0 Å². The molecular formula is C9H7NO2. The van der Waals surface area contributed by atoms with E-state index in [9.17, 15) is 4.79 Å². The molecule has 0 amide bonds. The molecule has 1 aromatic rings. The van der Waals surface area contributed by atoms with Crippen molar-refractivity contribution in [2.75, 3.05) is 0 Å². The van der Waals surface area contributed by atoms with Crippen LogP contribution in [-0.2, 0) is 4.79 Å². The minimum Gasteiger partial charge on any atom is -0.428 e. The molecule has 60 valence electrons. The number of benzene rings is 1. The van der Waals surface area contributed by atoms with Crippen molar-refractivity contribution in [3.05, 3.63) is 29.3 Å². The van der Waals surface area contributed by atoms with Crippen LogP contribution in [0.1, 0.15) is 11.1 Å². The second kappa shape index (κ2) is 3.54. The summed E-state index contributed by atoms with van der Waals surface area (Å²) in [6, 6.07) is 6.99. The first-order chi connectivity index (χ1) is 5.79. The van der Waals surface area contributed by atoms with Gasteiger partial charge in [-0.15, -0.1) is 0 Å². The summed E-state index contributed by atoms with van der Waals surface area (Å²) in [6.07, 6.45) is 0. The second-order valence-electron chi connectivity index (χ2n) is 2.25. The van der Waals surface area contributed by atoms with Gasteiger partial charge in [-0.25, -0.2) is 0 Å². The van der Waals surface area contributed by atoms with Crippen LogP contribution in [0.15, 0.2) is 18.2 Å². The fourth-order valence-corrected chi connectivity index (χ4v) is 0.915. The third-order valence-corrected chi connectivity index (χ3v) is 1.58. The molecule has 0 bridgehead atoms. The standard InChI is InChI=1S/C9H7NO2/c1-7-8(5-10)3-2-4-9(7)12-6-11/h2-4,6H,1H3. The molecule has 0 saturated heterocycles. The molecule has 0 heterocycles. The van der Waals surface area contributed by atoms with E-state index in [2.05, 4.69) is 4.74 Å². The van der Waals surface area contributed by atoms with Crippen molar-refractivity contribution in [2.24, 2.45) is 0 Å². The van der Waals surface area contributed by atoms with E-state index in [0.29, 0.717) is 23.3 Å². The van der Waals surface area contributed by atoms with Gasteiger partial charge >= 0.3 is 0 Å². The van der Waals surface area contributed by atoms with Crippen LogP contribution in [0.3, 0.4) is 0 Å². The topological polar surface area (TPSA) is 50.1 Å². The Bertz CT molecular complexity index is 339. The second-order valence-corrected chi connectivity index (χ2v) is 2.25. The van der Waals surface area contributed by atoms with Gasteiger partial charge in [-0.05, 0) is 19.1 Å². The average molecular weight is 161 g/mol. The van der Waals surface area contributed by atoms with E-state index >= 15 is 0 Å². The number of carbonyl (C=O) groups excluding carboxylic acids is 1. The van der Waals surface area contributed by atoms with Crippen LogP contribution < -0.4 is 4.74 Å². The number of ether oxygens (including phenoxy) is 1. The Kier molecular flexibility index (Phi) is 2.44. The van der Waals surface area contributed by atoms with Crippen molar-refractivity contribution in [1.82, 2.24) is 0 Å². The van der Waals surface area contributed by atoms with Crippen molar-refractivity contribution in [3.63, 3.8) is 0 Å². The highest BCUT2D eigenvalue weighted by molar-refractivity contribution is 5.52. The third kappa shape index (κ3) is 1.43. The van der Waals surface area contributed by atoms with Crippen molar-refractivity contribution in [3.8, 4) is 11.8 Å². The van der Waals surface area contributed by atoms with E-state index < -0.39 is 0 Å². The Hall–Kier alpha value is -1.82. The summed E-state index contributed by atoms with van der Waals surface area (Å²) >= 11 is 0. The van der Waals surface area contributed by atoms with Gasteiger partial charge in [0.15, 0.2) is 0 Å². The van der Waals surface area contributed by atoms with E-state index in [1.165, 1.54) is 0 Å². The lowest BCUT2D eigenvalue weighted by molar-refractivity contribution is -0.120. The number of carbonyl (C=O) groups is 1. The maximum atomic E-state index is 10.0. The molecule has 0 radical (unpaired) electrons. The molecule has 0 aromatic heterocycles.